The number of sulfone groups is 1. The molecule has 0 radical (unpaired) electrons. The average molecular weight is 431 g/mol. The molecule has 1 aromatic heterocycles. The summed E-state index contributed by atoms with van der Waals surface area (Å²) in [6.45, 7) is 2.54. The Kier molecular flexibility index (Phi) is 7.00. The van der Waals surface area contributed by atoms with Crippen LogP contribution in [0.2, 0.25) is 0 Å². The maximum Gasteiger partial charge on any atom is 0.226 e. The maximum absolute atomic E-state index is 12.2. The molecule has 0 aliphatic carbocycles. The first-order valence-corrected chi connectivity index (χ1v) is 11.8. The van der Waals surface area contributed by atoms with Gasteiger partial charge in [0.1, 0.15) is 5.75 Å². The van der Waals surface area contributed by atoms with Gasteiger partial charge < -0.3 is 10.1 Å². The summed E-state index contributed by atoms with van der Waals surface area (Å²) in [5.74, 6) is 0.478. The summed E-state index contributed by atoms with van der Waals surface area (Å²) in [5, 5.41) is 5.10. The van der Waals surface area contributed by atoms with Crippen molar-refractivity contribution in [3.63, 3.8) is 0 Å². The molecule has 0 unspecified atom stereocenters. The summed E-state index contributed by atoms with van der Waals surface area (Å²) in [7, 11) is -3.37. The lowest BCUT2D eigenvalue weighted by Gasteiger charge is -2.05. The Morgan fingerprint density at radius 3 is 2.52 bits per heavy atom. The van der Waals surface area contributed by atoms with E-state index in [9.17, 15) is 13.2 Å². The zero-order valence-corrected chi connectivity index (χ0v) is 17.6. The van der Waals surface area contributed by atoms with Gasteiger partial charge in [-0.05, 0) is 49.7 Å². The van der Waals surface area contributed by atoms with Gasteiger partial charge in [-0.2, -0.15) is 0 Å². The zero-order chi connectivity index (χ0) is 20.7. The first kappa shape index (κ1) is 21.0. The number of hydrogen-bond donors (Lipinski definition) is 1. The molecule has 29 heavy (non-hydrogen) atoms. The van der Waals surface area contributed by atoms with Crippen molar-refractivity contribution in [2.45, 2.75) is 24.7 Å². The predicted molar refractivity (Wildman–Crippen MR) is 115 cm³/mol. The fourth-order valence-electron chi connectivity index (χ4n) is 2.70. The van der Waals surface area contributed by atoms with Crippen molar-refractivity contribution in [1.29, 1.82) is 0 Å². The van der Waals surface area contributed by atoms with E-state index < -0.39 is 9.84 Å². The summed E-state index contributed by atoms with van der Waals surface area (Å²) in [5.41, 5.74) is 1.69. The Morgan fingerprint density at radius 2 is 1.83 bits per heavy atom. The van der Waals surface area contributed by atoms with Crippen molar-refractivity contribution in [1.82, 2.24) is 4.98 Å². The highest BCUT2D eigenvalue weighted by Gasteiger charge is 2.15. The van der Waals surface area contributed by atoms with Gasteiger partial charge in [0.05, 0.1) is 22.9 Å². The third-order valence-corrected chi connectivity index (χ3v) is 6.71. The van der Waals surface area contributed by atoms with Gasteiger partial charge in [-0.1, -0.05) is 18.2 Å². The molecular formula is C21H22N2O4S2. The molecule has 0 bridgehead atoms. The quantitative estimate of drug-likeness (QED) is 0.544. The van der Waals surface area contributed by atoms with Gasteiger partial charge in [0, 0.05) is 17.4 Å². The molecule has 0 saturated heterocycles. The van der Waals surface area contributed by atoms with Crippen LogP contribution in [0, 0.1) is 0 Å². The van der Waals surface area contributed by atoms with Crippen LogP contribution in [0.4, 0.5) is 5.13 Å². The number of ether oxygens (including phenoxy) is 1. The van der Waals surface area contributed by atoms with Crippen molar-refractivity contribution >= 4 is 32.2 Å². The van der Waals surface area contributed by atoms with Gasteiger partial charge in [0.15, 0.2) is 15.0 Å². The molecular weight excluding hydrogens is 408 g/mol. The number of thiazole rings is 1. The lowest BCUT2D eigenvalue weighted by molar-refractivity contribution is -0.116. The summed E-state index contributed by atoms with van der Waals surface area (Å²) in [4.78, 5) is 16.8. The third kappa shape index (κ3) is 5.88. The lowest BCUT2D eigenvalue weighted by atomic mass is 10.2. The molecule has 1 heterocycles. The van der Waals surface area contributed by atoms with Crippen molar-refractivity contribution in [2.24, 2.45) is 0 Å². The van der Waals surface area contributed by atoms with Crippen molar-refractivity contribution < 1.29 is 17.9 Å². The normalized spacial score (nSPS) is 11.2. The minimum Gasteiger partial charge on any atom is -0.494 e. The topological polar surface area (TPSA) is 85.4 Å². The van der Waals surface area contributed by atoms with Crippen LogP contribution in [0.1, 0.15) is 19.8 Å². The number of amides is 1. The third-order valence-electron chi connectivity index (χ3n) is 4.13. The van der Waals surface area contributed by atoms with E-state index in [0.29, 0.717) is 11.7 Å². The Bertz CT molecular complexity index is 1050. The molecule has 0 fully saturated rings. The number of rotatable bonds is 9. The first-order chi connectivity index (χ1) is 14.0. The van der Waals surface area contributed by atoms with E-state index in [1.54, 1.807) is 30.3 Å². The molecule has 1 N–H and O–H groups in total. The monoisotopic (exact) mass is 430 g/mol. The van der Waals surface area contributed by atoms with Crippen molar-refractivity contribution in [2.75, 3.05) is 17.7 Å². The average Bonchev–Trinajstić information content (AvgIpc) is 3.18. The molecule has 8 heteroatoms. The highest BCUT2D eigenvalue weighted by Crippen LogP contribution is 2.26. The number of aromatic nitrogens is 1. The largest absolute Gasteiger partial charge is 0.494 e. The van der Waals surface area contributed by atoms with Crippen LogP contribution in [0.25, 0.3) is 11.3 Å². The van der Waals surface area contributed by atoms with Gasteiger partial charge >= 0.3 is 0 Å². The molecule has 3 rings (SSSR count). The second-order valence-corrected chi connectivity index (χ2v) is 9.25. The molecule has 0 aliphatic heterocycles. The van der Waals surface area contributed by atoms with Gasteiger partial charge in [-0.25, -0.2) is 13.4 Å². The van der Waals surface area contributed by atoms with Crippen molar-refractivity contribution in [3.05, 3.63) is 60.0 Å². The Morgan fingerprint density at radius 1 is 1.10 bits per heavy atom. The second kappa shape index (κ2) is 9.67. The molecule has 2 aromatic carbocycles. The van der Waals surface area contributed by atoms with E-state index in [2.05, 4.69) is 10.3 Å². The molecule has 0 aliphatic rings. The van der Waals surface area contributed by atoms with Gasteiger partial charge in [0.25, 0.3) is 0 Å². The summed E-state index contributed by atoms with van der Waals surface area (Å²) in [6.07, 6.45) is 0.365. The fourth-order valence-corrected chi connectivity index (χ4v) is 4.77. The van der Waals surface area contributed by atoms with Crippen LogP contribution in [-0.4, -0.2) is 31.7 Å². The van der Waals surface area contributed by atoms with Crippen molar-refractivity contribution in [3.8, 4) is 17.0 Å². The molecule has 6 nitrogen and oxygen atoms in total. The van der Waals surface area contributed by atoms with E-state index in [4.69, 9.17) is 4.74 Å². The fraction of sp³-hybridized carbons (Fsp3) is 0.238. The number of hydrogen-bond acceptors (Lipinski definition) is 6. The number of benzene rings is 2. The highest BCUT2D eigenvalue weighted by atomic mass is 32.2. The molecule has 1 amide bonds. The summed E-state index contributed by atoms with van der Waals surface area (Å²) < 4.78 is 29.9. The number of nitrogens with zero attached hydrogens (tertiary/aromatic N) is 1. The Hall–Kier alpha value is -2.71. The highest BCUT2D eigenvalue weighted by molar-refractivity contribution is 7.91. The van der Waals surface area contributed by atoms with E-state index in [0.717, 1.165) is 17.0 Å². The van der Waals surface area contributed by atoms with E-state index in [1.165, 1.54) is 11.3 Å². The molecule has 0 spiro atoms. The maximum atomic E-state index is 12.2. The summed E-state index contributed by atoms with van der Waals surface area (Å²) >= 11 is 1.33. The first-order valence-electron chi connectivity index (χ1n) is 9.24. The van der Waals surface area contributed by atoms with Crippen LogP contribution in [0.5, 0.6) is 5.75 Å². The van der Waals surface area contributed by atoms with E-state index in [1.807, 2.05) is 36.6 Å². The Balaban J connectivity index is 1.51. The predicted octanol–water partition coefficient (Wildman–Crippen LogP) is 4.40. The molecule has 152 valence electrons. The van der Waals surface area contributed by atoms with Gasteiger partial charge in [0.2, 0.25) is 5.91 Å². The van der Waals surface area contributed by atoms with Gasteiger partial charge in [-0.3, -0.25) is 4.79 Å². The van der Waals surface area contributed by atoms with Crippen LogP contribution in [0.3, 0.4) is 0 Å². The van der Waals surface area contributed by atoms with E-state index in [-0.39, 0.29) is 29.4 Å². The minimum absolute atomic E-state index is 0.0697. The van der Waals surface area contributed by atoms with Gasteiger partial charge in [-0.15, -0.1) is 11.3 Å². The SMILES string of the molecule is CCOc1ccc(-c2csc(NC(=O)CCCS(=O)(=O)c3ccccc3)n2)cc1. The van der Waals surface area contributed by atoms with Crippen LogP contribution < -0.4 is 10.1 Å². The molecule has 3 aromatic rings. The number of carbonyl (C=O) groups is 1. The van der Waals surface area contributed by atoms with E-state index >= 15 is 0 Å². The minimum atomic E-state index is -3.37. The van der Waals surface area contributed by atoms with Crippen LogP contribution in [-0.2, 0) is 14.6 Å². The lowest BCUT2D eigenvalue weighted by Crippen LogP contribution is -2.14. The molecule has 0 atom stereocenters. The Labute approximate surface area is 174 Å². The second-order valence-electron chi connectivity index (χ2n) is 6.28. The summed E-state index contributed by atoms with van der Waals surface area (Å²) in [6, 6.07) is 15.9. The zero-order valence-electron chi connectivity index (χ0n) is 16.0. The van der Waals surface area contributed by atoms with Crippen LogP contribution in [0.15, 0.2) is 64.9 Å². The molecule has 0 saturated carbocycles. The number of carbonyl (C=O) groups excluding carboxylic acids is 1. The van der Waals surface area contributed by atoms with Crippen LogP contribution >= 0.6 is 11.3 Å². The number of anilines is 1. The standard InChI is InChI=1S/C21H22N2O4S2/c1-2-27-17-12-10-16(11-13-17)19-15-28-21(22-19)23-20(24)9-6-14-29(25,26)18-7-4-3-5-8-18/h3-5,7-8,10-13,15H,2,6,9,14H2,1H3,(H,22,23,24). The smallest absolute Gasteiger partial charge is 0.226 e. The number of nitrogens with one attached hydrogen (secondary N) is 1.